The molecule has 0 radical (unpaired) electrons. The van der Waals surface area contributed by atoms with Gasteiger partial charge in [0.25, 0.3) is 0 Å². The fraction of sp³-hybridized carbons (Fsp3) is 0.900. The number of amides is 1. The number of hydrogen-bond donors (Lipinski definition) is 3. The van der Waals surface area contributed by atoms with Crippen LogP contribution < -0.4 is 5.32 Å². The van der Waals surface area contributed by atoms with Crippen LogP contribution >= 0.6 is 0 Å². The van der Waals surface area contributed by atoms with E-state index < -0.39 is 17.8 Å². The van der Waals surface area contributed by atoms with Gasteiger partial charge in [-0.15, -0.1) is 0 Å². The second-order valence-electron chi connectivity index (χ2n) is 4.34. The first-order valence-electron chi connectivity index (χ1n) is 5.18. The molecule has 0 aliphatic carbocycles. The molecule has 0 fully saturated rings. The van der Waals surface area contributed by atoms with E-state index in [1.807, 2.05) is 0 Å². The summed E-state index contributed by atoms with van der Waals surface area (Å²) >= 11 is 0. The zero-order valence-corrected chi connectivity index (χ0v) is 10.0. The summed E-state index contributed by atoms with van der Waals surface area (Å²) in [5, 5.41) is 19.9. The number of rotatable bonds is 6. The second kappa shape index (κ2) is 7.43. The molecule has 1 atom stereocenters. The fourth-order valence-electron chi connectivity index (χ4n) is 0.812. The summed E-state index contributed by atoms with van der Waals surface area (Å²) in [7, 11) is 0. The van der Waals surface area contributed by atoms with Crippen LogP contribution in [0.3, 0.4) is 0 Å². The summed E-state index contributed by atoms with van der Waals surface area (Å²) in [5.74, 6) is 0. The van der Waals surface area contributed by atoms with Crippen molar-refractivity contribution in [2.24, 2.45) is 0 Å². The molecule has 0 aromatic carbocycles. The molecule has 0 aromatic heterocycles. The van der Waals surface area contributed by atoms with E-state index in [4.69, 9.17) is 19.7 Å². The Morgan fingerprint density at radius 1 is 1.44 bits per heavy atom. The fourth-order valence-corrected chi connectivity index (χ4v) is 0.812. The first-order valence-corrected chi connectivity index (χ1v) is 5.18. The molecule has 3 N–H and O–H groups in total. The maximum atomic E-state index is 11.1. The van der Waals surface area contributed by atoms with E-state index in [1.165, 1.54) is 0 Å². The van der Waals surface area contributed by atoms with Crippen LogP contribution in [0.5, 0.6) is 0 Å². The summed E-state index contributed by atoms with van der Waals surface area (Å²) in [5.41, 5.74) is -0.516. The van der Waals surface area contributed by atoms with E-state index in [-0.39, 0.29) is 19.8 Å². The molecule has 0 saturated carbocycles. The first kappa shape index (κ1) is 15.2. The van der Waals surface area contributed by atoms with Gasteiger partial charge >= 0.3 is 6.09 Å². The highest BCUT2D eigenvalue weighted by Gasteiger charge is 2.15. The molecule has 0 bridgehead atoms. The zero-order valence-electron chi connectivity index (χ0n) is 10.0. The lowest BCUT2D eigenvalue weighted by Gasteiger charge is -2.19. The number of nitrogens with one attached hydrogen (secondary N) is 1. The van der Waals surface area contributed by atoms with Gasteiger partial charge in [0, 0.05) is 6.54 Å². The van der Waals surface area contributed by atoms with E-state index in [1.54, 1.807) is 20.8 Å². The molecule has 0 saturated heterocycles. The van der Waals surface area contributed by atoms with Crippen LogP contribution in [-0.2, 0) is 9.47 Å². The third kappa shape index (κ3) is 9.70. The molecular formula is C10H21NO5. The van der Waals surface area contributed by atoms with Gasteiger partial charge in [0.1, 0.15) is 11.7 Å². The molecule has 1 amide bonds. The van der Waals surface area contributed by atoms with Gasteiger partial charge in [-0.3, -0.25) is 0 Å². The maximum absolute atomic E-state index is 11.1. The molecule has 1 unspecified atom stereocenters. The smallest absolute Gasteiger partial charge is 0.407 e. The van der Waals surface area contributed by atoms with Crippen molar-refractivity contribution in [1.29, 1.82) is 0 Å². The van der Waals surface area contributed by atoms with E-state index in [0.29, 0.717) is 6.54 Å². The van der Waals surface area contributed by atoms with Gasteiger partial charge in [0.15, 0.2) is 0 Å². The number of aliphatic hydroxyl groups is 2. The summed E-state index contributed by atoms with van der Waals surface area (Å²) in [6, 6.07) is 0. The van der Waals surface area contributed by atoms with Crippen LogP contribution in [0, 0.1) is 0 Å². The lowest BCUT2D eigenvalue weighted by atomic mass is 10.2. The van der Waals surface area contributed by atoms with Gasteiger partial charge in [-0.1, -0.05) is 0 Å². The van der Waals surface area contributed by atoms with Gasteiger partial charge in [0.2, 0.25) is 0 Å². The zero-order chi connectivity index (χ0) is 12.6. The largest absolute Gasteiger partial charge is 0.444 e. The van der Waals surface area contributed by atoms with Crippen molar-refractivity contribution in [3.63, 3.8) is 0 Å². The predicted octanol–water partition coefficient (Wildman–Crippen LogP) is -0.119. The van der Waals surface area contributed by atoms with Crippen molar-refractivity contribution >= 4 is 6.09 Å². The van der Waals surface area contributed by atoms with Gasteiger partial charge in [-0.25, -0.2) is 4.79 Å². The van der Waals surface area contributed by atoms with E-state index in [9.17, 15) is 4.79 Å². The van der Waals surface area contributed by atoms with E-state index >= 15 is 0 Å². The monoisotopic (exact) mass is 235 g/mol. The minimum absolute atomic E-state index is 0.0481. The number of carbonyl (C=O) groups is 1. The maximum Gasteiger partial charge on any atom is 0.407 e. The van der Waals surface area contributed by atoms with Crippen LogP contribution in [0.15, 0.2) is 0 Å². The minimum atomic E-state index is -0.874. The Labute approximate surface area is 95.6 Å². The predicted molar refractivity (Wildman–Crippen MR) is 58.1 cm³/mol. The Kier molecular flexibility index (Phi) is 7.03. The average Bonchev–Trinajstić information content (AvgIpc) is 2.14. The summed E-state index contributed by atoms with van der Waals surface area (Å²) in [6.45, 7) is 5.61. The van der Waals surface area contributed by atoms with Crippen molar-refractivity contribution in [3.05, 3.63) is 0 Å². The standard InChI is InChI=1S/C10H21NO5/c1-10(2,3)16-9(14)11-4-5-15-7-8(13)6-12/h8,12-13H,4-7H2,1-3H3,(H,11,14). The Morgan fingerprint density at radius 2 is 2.06 bits per heavy atom. The van der Waals surface area contributed by atoms with E-state index in [0.717, 1.165) is 0 Å². The normalized spacial score (nSPS) is 13.3. The van der Waals surface area contributed by atoms with Crippen molar-refractivity contribution in [2.75, 3.05) is 26.4 Å². The SMILES string of the molecule is CC(C)(C)OC(=O)NCCOCC(O)CO. The van der Waals surface area contributed by atoms with Crippen LogP contribution in [0.1, 0.15) is 20.8 Å². The molecule has 0 rings (SSSR count). The number of ether oxygens (including phenoxy) is 2. The van der Waals surface area contributed by atoms with Crippen LogP contribution in [0.4, 0.5) is 4.79 Å². The van der Waals surface area contributed by atoms with Gasteiger partial charge in [-0.2, -0.15) is 0 Å². The molecule has 0 aliphatic rings. The molecule has 0 aliphatic heterocycles. The lowest BCUT2D eigenvalue weighted by molar-refractivity contribution is 0.00594. The lowest BCUT2D eigenvalue weighted by Crippen LogP contribution is -2.34. The van der Waals surface area contributed by atoms with Gasteiger partial charge in [-0.05, 0) is 20.8 Å². The van der Waals surface area contributed by atoms with Gasteiger partial charge in [0.05, 0.1) is 19.8 Å². The third-order valence-electron chi connectivity index (χ3n) is 1.44. The Morgan fingerprint density at radius 3 is 2.56 bits per heavy atom. The molecule has 6 nitrogen and oxygen atoms in total. The average molecular weight is 235 g/mol. The highest BCUT2D eigenvalue weighted by Crippen LogP contribution is 2.05. The molecule has 0 aromatic rings. The quantitative estimate of drug-likeness (QED) is 0.559. The Bertz CT molecular complexity index is 202. The molecule has 96 valence electrons. The summed E-state index contributed by atoms with van der Waals surface area (Å²) in [4.78, 5) is 11.1. The third-order valence-corrected chi connectivity index (χ3v) is 1.44. The van der Waals surface area contributed by atoms with Crippen LogP contribution in [-0.4, -0.2) is 54.4 Å². The minimum Gasteiger partial charge on any atom is -0.444 e. The first-order chi connectivity index (χ1) is 7.35. The Balaban J connectivity index is 3.42. The van der Waals surface area contributed by atoms with Crippen molar-refractivity contribution in [2.45, 2.75) is 32.5 Å². The van der Waals surface area contributed by atoms with Gasteiger partial charge < -0.3 is 25.0 Å². The number of hydrogen-bond acceptors (Lipinski definition) is 5. The molecular weight excluding hydrogens is 214 g/mol. The highest BCUT2D eigenvalue weighted by molar-refractivity contribution is 5.67. The second-order valence-corrected chi connectivity index (χ2v) is 4.34. The Hall–Kier alpha value is -0.850. The van der Waals surface area contributed by atoms with E-state index in [2.05, 4.69) is 5.32 Å². The van der Waals surface area contributed by atoms with Crippen molar-refractivity contribution in [3.8, 4) is 0 Å². The molecule has 0 heterocycles. The van der Waals surface area contributed by atoms with Crippen LogP contribution in [0.2, 0.25) is 0 Å². The summed E-state index contributed by atoms with van der Waals surface area (Å²) < 4.78 is 9.98. The molecule has 0 spiro atoms. The number of alkyl carbamates (subject to hydrolysis) is 1. The highest BCUT2D eigenvalue weighted by atomic mass is 16.6. The van der Waals surface area contributed by atoms with Crippen molar-refractivity contribution in [1.82, 2.24) is 5.32 Å². The summed E-state index contributed by atoms with van der Waals surface area (Å²) in [6.07, 6.45) is -1.37. The number of aliphatic hydroxyl groups excluding tert-OH is 2. The molecule has 16 heavy (non-hydrogen) atoms. The molecule has 6 heteroatoms. The topological polar surface area (TPSA) is 88.0 Å². The van der Waals surface area contributed by atoms with Crippen LogP contribution in [0.25, 0.3) is 0 Å². The van der Waals surface area contributed by atoms with Crippen molar-refractivity contribution < 1.29 is 24.5 Å². The number of carbonyl (C=O) groups excluding carboxylic acids is 1.